The van der Waals surface area contributed by atoms with Crippen LogP contribution in [-0.2, 0) is 11.0 Å². The minimum Gasteiger partial charge on any atom is -0.380 e. The molecule has 1 unspecified atom stereocenters. The summed E-state index contributed by atoms with van der Waals surface area (Å²) in [4.78, 5) is 4.28. The summed E-state index contributed by atoms with van der Waals surface area (Å²) in [6, 6.07) is 16.3. The van der Waals surface area contributed by atoms with Gasteiger partial charge in [0.15, 0.2) is 0 Å². The minimum absolute atomic E-state index is 0.248. The van der Waals surface area contributed by atoms with Crippen molar-refractivity contribution in [2.75, 3.05) is 24.7 Å². The van der Waals surface area contributed by atoms with E-state index in [1.165, 1.54) is 0 Å². The first kappa shape index (κ1) is 17.7. The number of nitriles is 1. The predicted molar refractivity (Wildman–Crippen MR) is 110 cm³/mol. The van der Waals surface area contributed by atoms with Gasteiger partial charge in [-0.2, -0.15) is 5.26 Å². The SMILES string of the molecule is CS(=O)N1CC[C@H](Nc2cc(-c3cccc(C#N)c3)cc3ccncc23)C1. The highest BCUT2D eigenvalue weighted by atomic mass is 32.2. The molecule has 1 aliphatic rings. The summed E-state index contributed by atoms with van der Waals surface area (Å²) in [6.07, 6.45) is 6.34. The number of aromatic nitrogens is 1. The van der Waals surface area contributed by atoms with E-state index >= 15 is 0 Å². The van der Waals surface area contributed by atoms with Gasteiger partial charge in [-0.15, -0.1) is 0 Å². The molecule has 1 saturated heterocycles. The Morgan fingerprint density at radius 2 is 2.15 bits per heavy atom. The zero-order valence-electron chi connectivity index (χ0n) is 15.1. The Bertz CT molecular complexity index is 1060. The van der Waals surface area contributed by atoms with Crippen LogP contribution in [0.25, 0.3) is 21.9 Å². The van der Waals surface area contributed by atoms with Crippen LogP contribution in [0.1, 0.15) is 12.0 Å². The molecule has 2 heterocycles. The van der Waals surface area contributed by atoms with Crippen LogP contribution in [0.2, 0.25) is 0 Å². The number of hydrogen-bond donors (Lipinski definition) is 1. The molecule has 4 rings (SSSR count). The Morgan fingerprint density at radius 3 is 2.93 bits per heavy atom. The number of fused-ring (bicyclic) bond motifs is 1. The zero-order valence-corrected chi connectivity index (χ0v) is 15.9. The molecule has 0 radical (unpaired) electrons. The first-order valence-corrected chi connectivity index (χ1v) is 10.4. The van der Waals surface area contributed by atoms with Crippen molar-refractivity contribution in [3.63, 3.8) is 0 Å². The van der Waals surface area contributed by atoms with E-state index in [4.69, 9.17) is 0 Å². The summed E-state index contributed by atoms with van der Waals surface area (Å²) >= 11 is 0. The topological polar surface area (TPSA) is 69.0 Å². The molecule has 0 amide bonds. The van der Waals surface area contributed by atoms with Crippen molar-refractivity contribution in [2.24, 2.45) is 0 Å². The van der Waals surface area contributed by atoms with Crippen LogP contribution in [0.3, 0.4) is 0 Å². The smallest absolute Gasteiger partial charge is 0.0991 e. The molecule has 136 valence electrons. The first-order valence-electron chi connectivity index (χ1n) is 8.87. The number of benzene rings is 2. The third-order valence-corrected chi connectivity index (χ3v) is 6.01. The summed E-state index contributed by atoms with van der Waals surface area (Å²) in [6.45, 7) is 1.60. The van der Waals surface area contributed by atoms with Crippen molar-refractivity contribution in [2.45, 2.75) is 12.5 Å². The van der Waals surface area contributed by atoms with Gasteiger partial charge in [0.25, 0.3) is 0 Å². The summed E-state index contributed by atoms with van der Waals surface area (Å²) in [5, 5.41) is 15.0. The van der Waals surface area contributed by atoms with Crippen LogP contribution in [0.5, 0.6) is 0 Å². The lowest BCUT2D eigenvalue weighted by Crippen LogP contribution is -2.27. The highest BCUT2D eigenvalue weighted by Crippen LogP contribution is 2.32. The van der Waals surface area contributed by atoms with Gasteiger partial charge in [0.05, 0.1) is 22.6 Å². The van der Waals surface area contributed by atoms with E-state index in [0.717, 1.165) is 47.1 Å². The summed E-state index contributed by atoms with van der Waals surface area (Å²) < 4.78 is 13.7. The molecule has 1 N–H and O–H groups in total. The average Bonchev–Trinajstić information content (AvgIpc) is 3.17. The van der Waals surface area contributed by atoms with Gasteiger partial charge in [0.2, 0.25) is 0 Å². The van der Waals surface area contributed by atoms with Crippen LogP contribution in [0.4, 0.5) is 5.69 Å². The van der Waals surface area contributed by atoms with Gasteiger partial charge < -0.3 is 5.32 Å². The number of pyridine rings is 1. The number of nitrogens with one attached hydrogen (secondary N) is 1. The van der Waals surface area contributed by atoms with Crippen LogP contribution in [0, 0.1) is 11.3 Å². The quantitative estimate of drug-likeness (QED) is 0.756. The van der Waals surface area contributed by atoms with E-state index in [9.17, 15) is 9.47 Å². The van der Waals surface area contributed by atoms with E-state index in [-0.39, 0.29) is 6.04 Å². The highest BCUT2D eigenvalue weighted by Gasteiger charge is 2.25. The fourth-order valence-electron chi connectivity index (χ4n) is 3.55. The molecule has 1 fully saturated rings. The van der Waals surface area contributed by atoms with E-state index in [0.29, 0.717) is 5.56 Å². The van der Waals surface area contributed by atoms with Gasteiger partial charge in [0, 0.05) is 48.9 Å². The number of anilines is 1. The second kappa shape index (κ2) is 7.47. The summed E-state index contributed by atoms with van der Waals surface area (Å²) in [7, 11) is -0.934. The molecule has 5 nitrogen and oxygen atoms in total. The Kier molecular flexibility index (Phi) is 4.88. The van der Waals surface area contributed by atoms with E-state index in [2.05, 4.69) is 28.5 Å². The lowest BCUT2D eigenvalue weighted by atomic mass is 9.99. The summed E-state index contributed by atoms with van der Waals surface area (Å²) in [5.41, 5.74) is 3.74. The van der Waals surface area contributed by atoms with Crippen LogP contribution < -0.4 is 5.32 Å². The van der Waals surface area contributed by atoms with Crippen molar-refractivity contribution in [3.05, 3.63) is 60.4 Å². The standard InChI is InChI=1S/C21H20N4OS/c1-27(26)25-8-6-19(14-25)24-21-11-18(10-17-5-7-23-13-20(17)21)16-4-2-3-15(9-16)12-22/h2-5,7,9-11,13,19,24H,6,8,14H2,1H3/t19-,27?/m0/s1. The third-order valence-electron chi connectivity index (χ3n) is 4.96. The third kappa shape index (κ3) is 3.70. The van der Waals surface area contributed by atoms with Gasteiger partial charge >= 0.3 is 0 Å². The highest BCUT2D eigenvalue weighted by molar-refractivity contribution is 7.81. The van der Waals surface area contributed by atoms with Crippen LogP contribution in [0.15, 0.2) is 54.9 Å². The lowest BCUT2D eigenvalue weighted by molar-refractivity contribution is 0.535. The molecular weight excluding hydrogens is 356 g/mol. The first-order chi connectivity index (χ1) is 13.1. The molecular formula is C21H20N4OS. The van der Waals surface area contributed by atoms with Crippen molar-refractivity contribution >= 4 is 27.4 Å². The Labute approximate surface area is 161 Å². The van der Waals surface area contributed by atoms with Crippen molar-refractivity contribution in [3.8, 4) is 17.2 Å². The van der Waals surface area contributed by atoms with Crippen molar-refractivity contribution in [1.29, 1.82) is 5.26 Å². The molecule has 0 spiro atoms. The van der Waals surface area contributed by atoms with Crippen LogP contribution in [-0.4, -0.2) is 38.9 Å². The number of rotatable bonds is 4. The largest absolute Gasteiger partial charge is 0.380 e. The second-order valence-electron chi connectivity index (χ2n) is 6.75. The minimum atomic E-state index is -0.934. The Balaban J connectivity index is 1.73. The van der Waals surface area contributed by atoms with Gasteiger partial charge in [0.1, 0.15) is 0 Å². The van der Waals surface area contributed by atoms with Crippen LogP contribution >= 0.6 is 0 Å². The van der Waals surface area contributed by atoms with Gasteiger partial charge in [-0.1, -0.05) is 12.1 Å². The number of hydrogen-bond acceptors (Lipinski definition) is 4. The van der Waals surface area contributed by atoms with E-state index in [1.807, 2.05) is 40.8 Å². The maximum Gasteiger partial charge on any atom is 0.0991 e. The van der Waals surface area contributed by atoms with E-state index in [1.54, 1.807) is 12.5 Å². The maximum absolute atomic E-state index is 11.7. The molecule has 1 aromatic heterocycles. The fourth-order valence-corrected chi connectivity index (χ4v) is 4.30. The van der Waals surface area contributed by atoms with E-state index < -0.39 is 11.0 Å². The molecule has 0 bridgehead atoms. The molecule has 27 heavy (non-hydrogen) atoms. The normalized spacial score (nSPS) is 18.3. The van der Waals surface area contributed by atoms with Crippen molar-refractivity contribution in [1.82, 2.24) is 9.29 Å². The lowest BCUT2D eigenvalue weighted by Gasteiger charge is -2.18. The Hall–Kier alpha value is -2.75. The Morgan fingerprint density at radius 1 is 1.26 bits per heavy atom. The maximum atomic E-state index is 11.7. The molecule has 6 heteroatoms. The average molecular weight is 376 g/mol. The second-order valence-corrected chi connectivity index (χ2v) is 8.12. The molecule has 1 aliphatic heterocycles. The van der Waals surface area contributed by atoms with Gasteiger partial charge in [-0.25, -0.2) is 8.51 Å². The number of nitrogens with zero attached hydrogens (tertiary/aromatic N) is 3. The summed E-state index contributed by atoms with van der Waals surface area (Å²) in [5.74, 6) is 0. The monoisotopic (exact) mass is 376 g/mol. The fraction of sp³-hybridized carbons (Fsp3) is 0.238. The predicted octanol–water partition coefficient (Wildman–Crippen LogP) is 3.55. The molecule has 0 saturated carbocycles. The molecule has 0 aliphatic carbocycles. The van der Waals surface area contributed by atoms with Crippen molar-refractivity contribution < 1.29 is 4.21 Å². The molecule has 2 atom stereocenters. The zero-order chi connectivity index (χ0) is 18.8. The molecule has 2 aromatic carbocycles. The van der Waals surface area contributed by atoms with Gasteiger partial charge in [-0.05, 0) is 53.3 Å². The molecule has 3 aromatic rings. The van der Waals surface area contributed by atoms with Gasteiger partial charge in [-0.3, -0.25) is 4.98 Å².